The summed E-state index contributed by atoms with van der Waals surface area (Å²) in [7, 11) is 0. The van der Waals surface area contributed by atoms with Crippen molar-refractivity contribution in [3.05, 3.63) is 45.0 Å². The lowest BCUT2D eigenvalue weighted by atomic mass is 10.4. The van der Waals surface area contributed by atoms with Crippen LogP contribution in [0.5, 0.6) is 0 Å². The maximum atomic E-state index is 5.96. The van der Waals surface area contributed by atoms with Gasteiger partial charge in [0.05, 0.1) is 12.4 Å². The quantitative estimate of drug-likeness (QED) is 0.673. The van der Waals surface area contributed by atoms with Crippen molar-refractivity contribution in [3.8, 4) is 0 Å². The molecule has 0 unspecified atom stereocenters. The number of nitrogens with zero attached hydrogens (tertiary/aromatic N) is 3. The fourth-order valence-corrected chi connectivity index (χ4v) is 3.51. The van der Waals surface area contributed by atoms with Gasteiger partial charge in [-0.05, 0) is 34.1 Å². The zero-order valence-corrected chi connectivity index (χ0v) is 12.5. The van der Waals surface area contributed by atoms with E-state index < -0.39 is 0 Å². The third-order valence-corrected chi connectivity index (χ3v) is 4.56. The van der Waals surface area contributed by atoms with Crippen LogP contribution in [0.1, 0.15) is 10.7 Å². The van der Waals surface area contributed by atoms with Crippen molar-refractivity contribution in [3.63, 3.8) is 0 Å². The number of halogens is 2. The van der Waals surface area contributed by atoms with Gasteiger partial charge in [0, 0.05) is 20.9 Å². The van der Waals surface area contributed by atoms with Gasteiger partial charge in [-0.3, -0.25) is 0 Å². The number of fused-ring (bicyclic) bond motifs is 1. The van der Waals surface area contributed by atoms with Crippen LogP contribution in [0.3, 0.4) is 0 Å². The van der Waals surface area contributed by atoms with Crippen molar-refractivity contribution in [1.29, 1.82) is 0 Å². The second kappa shape index (κ2) is 4.99. The van der Waals surface area contributed by atoms with Gasteiger partial charge in [0.1, 0.15) is 11.3 Å². The standard InChI is InChI=1S/C12H9BrClN3S/c13-8-4-9(18-7-8)6-17-11(5-14)16-10-2-1-3-15-12(10)17/h1-4,7H,5-6H2. The number of pyridine rings is 1. The molecule has 0 aromatic carbocycles. The van der Waals surface area contributed by atoms with Crippen molar-refractivity contribution in [2.75, 3.05) is 0 Å². The van der Waals surface area contributed by atoms with Gasteiger partial charge >= 0.3 is 0 Å². The maximum Gasteiger partial charge on any atom is 0.160 e. The molecule has 0 N–H and O–H groups in total. The number of thiophene rings is 1. The summed E-state index contributed by atoms with van der Waals surface area (Å²) in [5, 5.41) is 2.07. The van der Waals surface area contributed by atoms with E-state index >= 15 is 0 Å². The Bertz CT molecular complexity index is 692. The van der Waals surface area contributed by atoms with E-state index in [1.807, 2.05) is 12.1 Å². The van der Waals surface area contributed by atoms with Crippen LogP contribution in [0.15, 0.2) is 34.2 Å². The molecule has 3 aromatic rings. The van der Waals surface area contributed by atoms with E-state index in [4.69, 9.17) is 11.6 Å². The number of alkyl halides is 1. The van der Waals surface area contributed by atoms with Gasteiger partial charge in [-0.15, -0.1) is 22.9 Å². The van der Waals surface area contributed by atoms with Crippen LogP contribution in [0.2, 0.25) is 0 Å². The third-order valence-electron chi connectivity index (χ3n) is 2.64. The molecule has 0 saturated carbocycles. The molecular weight excluding hydrogens is 334 g/mol. The van der Waals surface area contributed by atoms with Crippen molar-refractivity contribution < 1.29 is 0 Å². The summed E-state index contributed by atoms with van der Waals surface area (Å²) < 4.78 is 3.17. The molecule has 0 amide bonds. The SMILES string of the molecule is ClCc1nc2cccnc2n1Cc1cc(Br)cs1. The molecule has 0 saturated heterocycles. The molecule has 0 radical (unpaired) electrons. The zero-order valence-electron chi connectivity index (χ0n) is 9.31. The number of aromatic nitrogens is 3. The maximum absolute atomic E-state index is 5.96. The molecule has 0 aliphatic carbocycles. The molecule has 0 bridgehead atoms. The highest BCUT2D eigenvalue weighted by atomic mass is 79.9. The first-order valence-electron chi connectivity index (χ1n) is 5.37. The summed E-state index contributed by atoms with van der Waals surface area (Å²) in [6.07, 6.45) is 1.78. The van der Waals surface area contributed by atoms with Crippen LogP contribution >= 0.6 is 38.9 Å². The molecule has 0 atom stereocenters. The topological polar surface area (TPSA) is 30.7 Å². The Hall–Kier alpha value is -0.910. The van der Waals surface area contributed by atoms with Crippen molar-refractivity contribution in [2.24, 2.45) is 0 Å². The summed E-state index contributed by atoms with van der Waals surface area (Å²) in [5.41, 5.74) is 1.78. The average molecular weight is 343 g/mol. The summed E-state index contributed by atoms with van der Waals surface area (Å²) in [6, 6.07) is 5.95. The minimum atomic E-state index is 0.392. The normalized spacial score (nSPS) is 11.2. The summed E-state index contributed by atoms with van der Waals surface area (Å²) in [4.78, 5) is 10.1. The number of imidazole rings is 1. The minimum Gasteiger partial charge on any atom is -0.306 e. The third kappa shape index (κ3) is 2.18. The van der Waals surface area contributed by atoms with Gasteiger partial charge in [-0.1, -0.05) is 0 Å². The van der Waals surface area contributed by atoms with E-state index in [1.165, 1.54) is 4.88 Å². The predicted molar refractivity (Wildman–Crippen MR) is 78.2 cm³/mol. The summed E-state index contributed by atoms with van der Waals surface area (Å²) in [6.45, 7) is 0.756. The minimum absolute atomic E-state index is 0.392. The van der Waals surface area contributed by atoms with Gasteiger partial charge < -0.3 is 4.57 Å². The van der Waals surface area contributed by atoms with Crippen LogP contribution in [-0.4, -0.2) is 14.5 Å². The van der Waals surface area contributed by atoms with E-state index in [0.29, 0.717) is 5.88 Å². The molecule has 3 aromatic heterocycles. The first kappa shape index (κ1) is 12.1. The Morgan fingerprint density at radius 3 is 3.06 bits per heavy atom. The van der Waals surface area contributed by atoms with Crippen molar-refractivity contribution in [2.45, 2.75) is 12.4 Å². The number of hydrogen-bond acceptors (Lipinski definition) is 3. The van der Waals surface area contributed by atoms with Gasteiger partial charge in [0.15, 0.2) is 5.65 Å². The van der Waals surface area contributed by atoms with Crippen molar-refractivity contribution >= 4 is 50.0 Å². The van der Waals surface area contributed by atoms with Crippen LogP contribution in [-0.2, 0) is 12.4 Å². The second-order valence-corrected chi connectivity index (χ2v) is 6.00. The molecule has 6 heteroatoms. The molecule has 0 aliphatic rings. The highest BCUT2D eigenvalue weighted by Crippen LogP contribution is 2.23. The fraction of sp³-hybridized carbons (Fsp3) is 0.167. The lowest BCUT2D eigenvalue weighted by molar-refractivity contribution is 0.780. The highest BCUT2D eigenvalue weighted by molar-refractivity contribution is 9.10. The van der Waals surface area contributed by atoms with Crippen LogP contribution < -0.4 is 0 Å². The Morgan fingerprint density at radius 1 is 1.44 bits per heavy atom. The molecule has 0 aliphatic heterocycles. The fourth-order valence-electron chi connectivity index (χ4n) is 1.87. The molecular formula is C12H9BrClN3S. The van der Waals surface area contributed by atoms with E-state index in [2.05, 4.69) is 41.9 Å². The summed E-state index contributed by atoms with van der Waals surface area (Å²) >= 11 is 11.1. The first-order valence-corrected chi connectivity index (χ1v) is 7.57. The van der Waals surface area contributed by atoms with E-state index in [1.54, 1.807) is 17.5 Å². The van der Waals surface area contributed by atoms with E-state index in [0.717, 1.165) is 28.0 Å². The Labute approximate surface area is 122 Å². The lowest BCUT2D eigenvalue weighted by Crippen LogP contribution is -2.03. The Kier molecular flexibility index (Phi) is 3.37. The highest BCUT2D eigenvalue weighted by Gasteiger charge is 2.11. The largest absolute Gasteiger partial charge is 0.306 e. The number of rotatable bonds is 3. The smallest absolute Gasteiger partial charge is 0.160 e. The van der Waals surface area contributed by atoms with Crippen LogP contribution in [0.25, 0.3) is 11.2 Å². The van der Waals surface area contributed by atoms with E-state index in [9.17, 15) is 0 Å². The molecule has 0 fully saturated rings. The zero-order chi connectivity index (χ0) is 12.5. The van der Waals surface area contributed by atoms with Crippen LogP contribution in [0, 0.1) is 0 Å². The Morgan fingerprint density at radius 2 is 2.33 bits per heavy atom. The lowest BCUT2D eigenvalue weighted by Gasteiger charge is -2.04. The molecule has 92 valence electrons. The monoisotopic (exact) mass is 341 g/mol. The Balaban J connectivity index is 2.09. The van der Waals surface area contributed by atoms with Gasteiger partial charge in [0.25, 0.3) is 0 Å². The number of hydrogen-bond donors (Lipinski definition) is 0. The molecule has 18 heavy (non-hydrogen) atoms. The van der Waals surface area contributed by atoms with Crippen molar-refractivity contribution in [1.82, 2.24) is 14.5 Å². The van der Waals surface area contributed by atoms with Gasteiger partial charge in [-0.2, -0.15) is 0 Å². The van der Waals surface area contributed by atoms with Gasteiger partial charge in [0.2, 0.25) is 0 Å². The first-order chi connectivity index (χ1) is 8.78. The predicted octanol–water partition coefficient (Wildman–Crippen LogP) is 4.04. The van der Waals surface area contributed by atoms with Gasteiger partial charge in [-0.25, -0.2) is 9.97 Å². The molecule has 3 heterocycles. The molecule has 0 spiro atoms. The summed E-state index contributed by atoms with van der Waals surface area (Å²) in [5.74, 6) is 1.25. The average Bonchev–Trinajstić information content (AvgIpc) is 2.94. The van der Waals surface area contributed by atoms with E-state index in [-0.39, 0.29) is 0 Å². The second-order valence-electron chi connectivity index (χ2n) is 3.83. The van der Waals surface area contributed by atoms with Crippen LogP contribution in [0.4, 0.5) is 0 Å². The molecule has 3 nitrogen and oxygen atoms in total. The molecule has 3 rings (SSSR count).